The molecule has 2 aromatic carbocycles. The highest BCUT2D eigenvalue weighted by Crippen LogP contribution is 2.31. The van der Waals surface area contributed by atoms with E-state index < -0.39 is 0 Å². The Bertz CT molecular complexity index is 1240. The molecule has 0 radical (unpaired) electrons. The van der Waals surface area contributed by atoms with Gasteiger partial charge in [0, 0.05) is 33.8 Å². The van der Waals surface area contributed by atoms with Crippen molar-refractivity contribution in [2.24, 2.45) is 5.10 Å². The molecule has 2 N–H and O–H groups in total. The van der Waals surface area contributed by atoms with Gasteiger partial charge < -0.3 is 9.73 Å². The van der Waals surface area contributed by atoms with Crippen LogP contribution in [0.25, 0.3) is 0 Å². The SMILES string of the molecule is Cc1cccc(C(=O)N/N=C2\CCCc3oc(C(=O)Nc4cc(Cl)ccc4C)c(C)c32)c1. The first-order valence-electron chi connectivity index (χ1n) is 10.5. The van der Waals surface area contributed by atoms with Gasteiger partial charge >= 0.3 is 0 Å². The number of aryl methyl sites for hydroxylation is 3. The van der Waals surface area contributed by atoms with Gasteiger partial charge in [0.2, 0.25) is 0 Å². The maximum atomic E-state index is 12.9. The van der Waals surface area contributed by atoms with Crippen LogP contribution >= 0.6 is 11.6 Å². The van der Waals surface area contributed by atoms with E-state index in [0.717, 1.165) is 23.1 Å². The van der Waals surface area contributed by atoms with E-state index >= 15 is 0 Å². The number of fused-ring (bicyclic) bond motifs is 1. The predicted octanol–water partition coefficient (Wildman–Crippen LogP) is 5.58. The fraction of sp³-hybridized carbons (Fsp3) is 0.240. The highest BCUT2D eigenvalue weighted by atomic mass is 35.5. The van der Waals surface area contributed by atoms with Crippen molar-refractivity contribution in [3.63, 3.8) is 0 Å². The third kappa shape index (κ3) is 4.46. The van der Waals surface area contributed by atoms with Gasteiger partial charge in [-0.15, -0.1) is 0 Å². The van der Waals surface area contributed by atoms with Gasteiger partial charge in [-0.3, -0.25) is 9.59 Å². The number of carbonyl (C=O) groups is 2. The molecule has 164 valence electrons. The Morgan fingerprint density at radius 2 is 1.84 bits per heavy atom. The summed E-state index contributed by atoms with van der Waals surface area (Å²) in [6.07, 6.45) is 2.23. The van der Waals surface area contributed by atoms with Gasteiger partial charge in [0.1, 0.15) is 5.76 Å². The second kappa shape index (κ2) is 9.01. The second-order valence-corrected chi connectivity index (χ2v) is 8.43. The zero-order valence-electron chi connectivity index (χ0n) is 18.2. The number of amides is 2. The van der Waals surface area contributed by atoms with E-state index in [1.165, 1.54) is 0 Å². The summed E-state index contributed by atoms with van der Waals surface area (Å²) in [5.74, 6) is 0.341. The van der Waals surface area contributed by atoms with Crippen LogP contribution in [0.3, 0.4) is 0 Å². The van der Waals surface area contributed by atoms with Crippen molar-refractivity contribution in [1.29, 1.82) is 0 Å². The average molecular weight is 450 g/mol. The van der Waals surface area contributed by atoms with Crippen molar-refractivity contribution in [1.82, 2.24) is 5.43 Å². The summed E-state index contributed by atoms with van der Waals surface area (Å²) in [5, 5.41) is 7.81. The van der Waals surface area contributed by atoms with Gasteiger partial charge in [-0.1, -0.05) is 35.4 Å². The number of hydrogen-bond acceptors (Lipinski definition) is 4. The first-order chi connectivity index (χ1) is 15.3. The molecule has 0 bridgehead atoms. The molecule has 3 aromatic rings. The zero-order valence-corrected chi connectivity index (χ0v) is 19.0. The summed E-state index contributed by atoms with van der Waals surface area (Å²) < 4.78 is 5.94. The van der Waals surface area contributed by atoms with E-state index in [9.17, 15) is 9.59 Å². The normalized spacial score (nSPS) is 14.2. The largest absolute Gasteiger partial charge is 0.455 e. The molecule has 7 heteroatoms. The number of furan rings is 1. The van der Waals surface area contributed by atoms with Crippen molar-refractivity contribution in [2.75, 3.05) is 5.32 Å². The monoisotopic (exact) mass is 449 g/mol. The van der Waals surface area contributed by atoms with E-state index in [-0.39, 0.29) is 17.6 Å². The van der Waals surface area contributed by atoms with Crippen LogP contribution in [0.4, 0.5) is 5.69 Å². The Balaban J connectivity index is 1.58. The Labute approximate surface area is 191 Å². The van der Waals surface area contributed by atoms with Gasteiger partial charge in [0.15, 0.2) is 5.76 Å². The lowest BCUT2D eigenvalue weighted by molar-refractivity contribution is 0.0953. The minimum absolute atomic E-state index is 0.244. The summed E-state index contributed by atoms with van der Waals surface area (Å²) >= 11 is 6.07. The summed E-state index contributed by atoms with van der Waals surface area (Å²) in [7, 11) is 0. The van der Waals surface area contributed by atoms with Gasteiger partial charge in [-0.05, 0) is 63.4 Å². The van der Waals surface area contributed by atoms with Crippen molar-refractivity contribution < 1.29 is 14.0 Å². The first kappa shape index (κ1) is 21.8. The molecule has 0 spiro atoms. The number of rotatable bonds is 4. The highest BCUT2D eigenvalue weighted by molar-refractivity contribution is 6.31. The van der Waals surface area contributed by atoms with Crippen molar-refractivity contribution in [3.8, 4) is 0 Å². The molecule has 0 aliphatic heterocycles. The predicted molar refractivity (Wildman–Crippen MR) is 126 cm³/mol. The Kier molecular flexibility index (Phi) is 6.15. The molecule has 1 aliphatic carbocycles. The number of anilines is 1. The second-order valence-electron chi connectivity index (χ2n) is 7.99. The van der Waals surface area contributed by atoms with E-state index in [1.54, 1.807) is 18.2 Å². The van der Waals surface area contributed by atoms with E-state index in [4.69, 9.17) is 16.0 Å². The molecule has 6 nitrogen and oxygen atoms in total. The minimum Gasteiger partial charge on any atom is -0.455 e. The van der Waals surface area contributed by atoms with E-state index in [2.05, 4.69) is 15.8 Å². The number of carbonyl (C=O) groups excluding carboxylic acids is 2. The van der Waals surface area contributed by atoms with Gasteiger partial charge in [-0.2, -0.15) is 5.10 Å². The van der Waals surface area contributed by atoms with Crippen LogP contribution < -0.4 is 10.7 Å². The summed E-state index contributed by atoms with van der Waals surface area (Å²) in [5.41, 5.74) is 7.96. The van der Waals surface area contributed by atoms with Gasteiger partial charge in [0.25, 0.3) is 11.8 Å². The quantitative estimate of drug-likeness (QED) is 0.510. The van der Waals surface area contributed by atoms with Crippen LogP contribution in [-0.2, 0) is 6.42 Å². The number of benzene rings is 2. The number of halogens is 1. The van der Waals surface area contributed by atoms with Crippen LogP contribution in [0.2, 0.25) is 5.02 Å². The molecule has 32 heavy (non-hydrogen) atoms. The molecule has 1 aliphatic rings. The Hall–Kier alpha value is -3.38. The lowest BCUT2D eigenvalue weighted by atomic mass is 9.93. The fourth-order valence-corrected chi connectivity index (χ4v) is 4.05. The third-order valence-electron chi connectivity index (χ3n) is 5.55. The minimum atomic E-state index is -0.342. The molecule has 1 heterocycles. The molecule has 0 unspecified atom stereocenters. The fourth-order valence-electron chi connectivity index (χ4n) is 3.87. The Morgan fingerprint density at radius 1 is 1.03 bits per heavy atom. The molecule has 0 saturated carbocycles. The lowest BCUT2D eigenvalue weighted by Crippen LogP contribution is -2.22. The molecule has 0 saturated heterocycles. The number of hydrogen-bond donors (Lipinski definition) is 2. The maximum Gasteiger partial charge on any atom is 0.291 e. The van der Waals surface area contributed by atoms with Crippen molar-refractivity contribution in [2.45, 2.75) is 40.0 Å². The molecular weight excluding hydrogens is 426 g/mol. The van der Waals surface area contributed by atoms with Gasteiger partial charge in [0.05, 0.1) is 5.71 Å². The van der Waals surface area contributed by atoms with E-state index in [1.807, 2.05) is 45.0 Å². The molecule has 4 rings (SSSR count). The number of hydrazone groups is 1. The van der Waals surface area contributed by atoms with Crippen LogP contribution in [0.15, 0.2) is 52.0 Å². The first-order valence-corrected chi connectivity index (χ1v) is 10.8. The zero-order chi connectivity index (χ0) is 22.8. The molecule has 0 fully saturated rings. The number of nitrogens with zero attached hydrogens (tertiary/aromatic N) is 1. The molecule has 0 atom stereocenters. The molecule has 1 aromatic heterocycles. The molecular formula is C25H24ClN3O3. The Morgan fingerprint density at radius 3 is 2.62 bits per heavy atom. The van der Waals surface area contributed by atoms with Crippen molar-refractivity contribution in [3.05, 3.63) is 86.8 Å². The van der Waals surface area contributed by atoms with E-state index in [0.29, 0.717) is 46.2 Å². The molecule has 2 amide bonds. The third-order valence-corrected chi connectivity index (χ3v) is 5.79. The number of nitrogens with one attached hydrogen (secondary N) is 2. The van der Waals surface area contributed by atoms with Crippen LogP contribution in [-0.4, -0.2) is 17.5 Å². The van der Waals surface area contributed by atoms with Crippen LogP contribution in [0, 0.1) is 20.8 Å². The highest BCUT2D eigenvalue weighted by Gasteiger charge is 2.28. The smallest absolute Gasteiger partial charge is 0.291 e. The van der Waals surface area contributed by atoms with Gasteiger partial charge in [-0.25, -0.2) is 5.43 Å². The van der Waals surface area contributed by atoms with Crippen LogP contribution in [0.5, 0.6) is 0 Å². The maximum absolute atomic E-state index is 12.9. The van der Waals surface area contributed by atoms with Crippen LogP contribution in [0.1, 0.15) is 61.8 Å². The lowest BCUT2D eigenvalue weighted by Gasteiger charge is -2.13. The standard InChI is InChI=1S/C25H24ClN3O3/c1-14-6-4-7-17(12-14)24(30)29-28-19-8-5-9-21-22(19)16(3)23(32-21)25(31)27-20-13-18(26)11-10-15(20)2/h4,6-7,10-13H,5,8-9H2,1-3H3,(H,27,31)(H,29,30)/b28-19+. The average Bonchev–Trinajstić information content (AvgIpc) is 3.12. The van der Waals surface area contributed by atoms with Crippen molar-refractivity contribution >= 4 is 34.8 Å². The summed E-state index contributed by atoms with van der Waals surface area (Å²) in [4.78, 5) is 25.4. The summed E-state index contributed by atoms with van der Waals surface area (Å²) in [6, 6.07) is 12.7. The topological polar surface area (TPSA) is 83.7 Å². The summed E-state index contributed by atoms with van der Waals surface area (Å²) in [6.45, 7) is 5.67.